The largest absolute Gasteiger partial charge is 0.457 e. The number of hydrogen-bond acceptors (Lipinski definition) is 4. The van der Waals surface area contributed by atoms with Crippen molar-refractivity contribution in [3.8, 4) is 0 Å². The second-order valence-corrected chi connectivity index (χ2v) is 3.11. The lowest BCUT2D eigenvalue weighted by Gasteiger charge is -2.15. The Labute approximate surface area is 78.5 Å². The third-order valence-corrected chi connectivity index (χ3v) is 1.81. The summed E-state index contributed by atoms with van der Waals surface area (Å²) >= 11 is 0. The summed E-state index contributed by atoms with van der Waals surface area (Å²) in [5, 5.41) is 17.3. The van der Waals surface area contributed by atoms with Crippen LogP contribution in [0.25, 0.3) is 0 Å². The predicted molar refractivity (Wildman–Crippen MR) is 48.1 cm³/mol. The lowest BCUT2D eigenvalue weighted by molar-refractivity contribution is -0.158. The molecular formula is C9H18O4. The van der Waals surface area contributed by atoms with E-state index >= 15 is 0 Å². The third-order valence-electron chi connectivity index (χ3n) is 1.81. The minimum atomic E-state index is -0.771. The van der Waals surface area contributed by atoms with Gasteiger partial charge in [-0.2, -0.15) is 0 Å². The van der Waals surface area contributed by atoms with Crippen molar-refractivity contribution in [1.82, 2.24) is 0 Å². The molecule has 1 unspecified atom stereocenters. The highest BCUT2D eigenvalue weighted by Gasteiger charge is 2.17. The van der Waals surface area contributed by atoms with E-state index < -0.39 is 6.10 Å². The van der Waals surface area contributed by atoms with Crippen LogP contribution >= 0.6 is 0 Å². The normalized spacial score (nSPS) is 13.0. The summed E-state index contributed by atoms with van der Waals surface area (Å²) in [6, 6.07) is 0. The van der Waals surface area contributed by atoms with E-state index in [0.717, 1.165) is 12.8 Å². The highest BCUT2D eigenvalue weighted by atomic mass is 16.6. The molecular weight excluding hydrogens is 172 g/mol. The number of aliphatic hydroxyl groups is 2. The van der Waals surface area contributed by atoms with Crippen LogP contribution in [0, 0.1) is 5.92 Å². The van der Waals surface area contributed by atoms with Crippen molar-refractivity contribution in [3.63, 3.8) is 0 Å². The van der Waals surface area contributed by atoms with Gasteiger partial charge in [0.15, 0.2) is 0 Å². The molecule has 1 atom stereocenters. The molecule has 13 heavy (non-hydrogen) atoms. The number of hydrogen-bond donors (Lipinski definition) is 2. The highest BCUT2D eigenvalue weighted by Crippen LogP contribution is 2.08. The molecule has 0 aliphatic rings. The summed E-state index contributed by atoms with van der Waals surface area (Å²) in [7, 11) is 0. The Morgan fingerprint density at radius 2 is 1.92 bits per heavy atom. The van der Waals surface area contributed by atoms with Crippen molar-refractivity contribution in [1.29, 1.82) is 0 Å². The van der Waals surface area contributed by atoms with Crippen LogP contribution in [0.1, 0.15) is 26.7 Å². The molecule has 0 aromatic heterocycles. The SMILES string of the molecule is CCCC(C)C(=O)OC(CO)CO. The molecule has 4 nitrogen and oxygen atoms in total. The summed E-state index contributed by atoms with van der Waals surface area (Å²) in [6.07, 6.45) is 0.911. The van der Waals surface area contributed by atoms with Gasteiger partial charge in [-0.05, 0) is 6.42 Å². The quantitative estimate of drug-likeness (QED) is 0.592. The molecule has 0 amide bonds. The van der Waals surface area contributed by atoms with Gasteiger partial charge in [0.25, 0.3) is 0 Å². The third kappa shape index (κ3) is 4.85. The average Bonchev–Trinajstić information content (AvgIpc) is 2.14. The first-order chi connectivity index (χ1) is 6.15. The van der Waals surface area contributed by atoms with Crippen LogP contribution in [0.5, 0.6) is 0 Å². The zero-order chi connectivity index (χ0) is 10.3. The summed E-state index contributed by atoms with van der Waals surface area (Å²) in [5.41, 5.74) is 0. The molecule has 0 heterocycles. The molecule has 0 radical (unpaired) electrons. The van der Waals surface area contributed by atoms with Gasteiger partial charge in [-0.25, -0.2) is 0 Å². The second-order valence-electron chi connectivity index (χ2n) is 3.11. The Bertz CT molecular complexity index is 143. The van der Waals surface area contributed by atoms with E-state index in [0.29, 0.717) is 0 Å². The fourth-order valence-corrected chi connectivity index (χ4v) is 0.964. The lowest BCUT2D eigenvalue weighted by atomic mass is 10.1. The Kier molecular flexibility index (Phi) is 6.54. The lowest BCUT2D eigenvalue weighted by Crippen LogP contribution is -2.28. The number of esters is 1. The van der Waals surface area contributed by atoms with E-state index in [1.54, 1.807) is 6.92 Å². The van der Waals surface area contributed by atoms with Crippen LogP contribution in [0.2, 0.25) is 0 Å². The fourth-order valence-electron chi connectivity index (χ4n) is 0.964. The Morgan fingerprint density at radius 1 is 1.38 bits per heavy atom. The summed E-state index contributed by atoms with van der Waals surface area (Å²) < 4.78 is 4.82. The molecule has 0 bridgehead atoms. The smallest absolute Gasteiger partial charge is 0.309 e. The van der Waals surface area contributed by atoms with Crippen LogP contribution < -0.4 is 0 Å². The molecule has 0 fully saturated rings. The van der Waals surface area contributed by atoms with Gasteiger partial charge in [0.1, 0.15) is 6.10 Å². The number of aliphatic hydroxyl groups excluding tert-OH is 2. The number of carbonyl (C=O) groups is 1. The van der Waals surface area contributed by atoms with E-state index in [-0.39, 0.29) is 25.1 Å². The maximum Gasteiger partial charge on any atom is 0.309 e. The zero-order valence-corrected chi connectivity index (χ0v) is 8.19. The Hall–Kier alpha value is -0.610. The van der Waals surface area contributed by atoms with Crippen LogP contribution in [0.15, 0.2) is 0 Å². The summed E-state index contributed by atoms with van der Waals surface area (Å²) in [6.45, 7) is 3.10. The molecule has 0 aliphatic carbocycles. The minimum Gasteiger partial charge on any atom is -0.457 e. The molecule has 0 rings (SSSR count). The fraction of sp³-hybridized carbons (Fsp3) is 0.889. The van der Waals surface area contributed by atoms with Crippen molar-refractivity contribution in [2.75, 3.05) is 13.2 Å². The van der Waals surface area contributed by atoms with Gasteiger partial charge in [0.2, 0.25) is 0 Å². The van der Waals surface area contributed by atoms with E-state index in [1.165, 1.54) is 0 Å². The van der Waals surface area contributed by atoms with Crippen LogP contribution in [-0.4, -0.2) is 35.5 Å². The van der Waals surface area contributed by atoms with Crippen molar-refractivity contribution < 1.29 is 19.7 Å². The van der Waals surface area contributed by atoms with Crippen LogP contribution in [0.4, 0.5) is 0 Å². The highest BCUT2D eigenvalue weighted by molar-refractivity contribution is 5.72. The van der Waals surface area contributed by atoms with E-state index in [2.05, 4.69) is 0 Å². The first-order valence-corrected chi connectivity index (χ1v) is 4.57. The first-order valence-electron chi connectivity index (χ1n) is 4.57. The molecule has 0 aromatic rings. The first kappa shape index (κ1) is 12.4. The van der Waals surface area contributed by atoms with Gasteiger partial charge < -0.3 is 14.9 Å². The van der Waals surface area contributed by atoms with Gasteiger partial charge in [-0.3, -0.25) is 4.79 Å². The molecule has 0 saturated heterocycles. The number of ether oxygens (including phenoxy) is 1. The van der Waals surface area contributed by atoms with Gasteiger partial charge in [0, 0.05) is 0 Å². The predicted octanol–water partition coefficient (Wildman–Crippen LogP) is 0.319. The summed E-state index contributed by atoms with van der Waals surface area (Å²) in [5.74, 6) is -0.513. The standard InChI is InChI=1S/C9H18O4/c1-3-4-7(2)9(12)13-8(5-10)6-11/h7-8,10-11H,3-6H2,1-2H3. The maximum absolute atomic E-state index is 11.2. The van der Waals surface area contributed by atoms with Crippen LogP contribution in [0.3, 0.4) is 0 Å². The number of rotatable bonds is 6. The second kappa shape index (κ2) is 6.86. The molecule has 0 spiro atoms. The molecule has 4 heteroatoms. The summed E-state index contributed by atoms with van der Waals surface area (Å²) in [4.78, 5) is 11.2. The minimum absolute atomic E-state index is 0.161. The van der Waals surface area contributed by atoms with E-state index in [1.807, 2.05) is 6.92 Å². The molecule has 2 N–H and O–H groups in total. The van der Waals surface area contributed by atoms with Crippen LogP contribution in [-0.2, 0) is 9.53 Å². The molecule has 0 aromatic carbocycles. The van der Waals surface area contributed by atoms with Gasteiger partial charge >= 0.3 is 5.97 Å². The van der Waals surface area contributed by atoms with E-state index in [9.17, 15) is 4.79 Å². The van der Waals surface area contributed by atoms with Crippen molar-refractivity contribution >= 4 is 5.97 Å². The van der Waals surface area contributed by atoms with Gasteiger partial charge in [-0.1, -0.05) is 20.3 Å². The Balaban J connectivity index is 3.83. The van der Waals surface area contributed by atoms with Gasteiger partial charge in [0.05, 0.1) is 19.1 Å². The average molecular weight is 190 g/mol. The monoisotopic (exact) mass is 190 g/mol. The van der Waals surface area contributed by atoms with Crippen molar-refractivity contribution in [2.24, 2.45) is 5.92 Å². The molecule has 0 saturated carbocycles. The molecule has 78 valence electrons. The van der Waals surface area contributed by atoms with Gasteiger partial charge in [-0.15, -0.1) is 0 Å². The topological polar surface area (TPSA) is 66.8 Å². The zero-order valence-electron chi connectivity index (χ0n) is 8.19. The molecule has 0 aliphatic heterocycles. The maximum atomic E-state index is 11.2. The van der Waals surface area contributed by atoms with E-state index in [4.69, 9.17) is 14.9 Å². The Morgan fingerprint density at radius 3 is 2.31 bits per heavy atom. The number of carbonyl (C=O) groups excluding carboxylic acids is 1. The van der Waals surface area contributed by atoms with Crippen molar-refractivity contribution in [2.45, 2.75) is 32.8 Å². The van der Waals surface area contributed by atoms with Crippen molar-refractivity contribution in [3.05, 3.63) is 0 Å².